The predicted octanol–water partition coefficient (Wildman–Crippen LogP) is 5.17. The Bertz CT molecular complexity index is 1630. The molecule has 0 atom stereocenters. The number of sulfonamides is 1. The van der Waals surface area contributed by atoms with E-state index in [1.165, 1.54) is 10.5 Å². The molecule has 0 radical (unpaired) electrons. The van der Waals surface area contributed by atoms with Crippen LogP contribution in [0.1, 0.15) is 11.1 Å². The number of fused-ring (bicyclic) bond motifs is 3. The minimum absolute atomic E-state index is 0.0329. The van der Waals surface area contributed by atoms with Gasteiger partial charge in [0.15, 0.2) is 5.16 Å². The standard InChI is InChI=1S/C26H20F2N4O3S2/c1-16-5-4-6-17(11-16)14-32-22-8-3-2-7-19(22)25-23(37(32,34)35)13-29-26(31-25)36-15-24(33)30-21-12-18(27)9-10-20(21)28/h2-13H,14-15H2,1H3,(H,30,33). The lowest BCUT2D eigenvalue weighted by Crippen LogP contribution is -2.34. The SMILES string of the molecule is Cc1cccc(CN2c3ccccc3-c3nc(SCC(=O)Nc4cc(F)ccc4F)ncc3S2(=O)=O)c1. The minimum Gasteiger partial charge on any atom is -0.323 e. The van der Waals surface area contributed by atoms with Crippen LogP contribution in [-0.4, -0.2) is 30.0 Å². The molecule has 0 saturated carbocycles. The molecule has 188 valence electrons. The number of benzene rings is 3. The Labute approximate surface area is 216 Å². The van der Waals surface area contributed by atoms with E-state index in [0.717, 1.165) is 41.1 Å². The molecule has 0 aliphatic carbocycles. The van der Waals surface area contributed by atoms with Crippen molar-refractivity contribution in [1.82, 2.24) is 9.97 Å². The lowest BCUT2D eigenvalue weighted by molar-refractivity contribution is -0.113. The molecule has 1 aromatic heterocycles. The van der Waals surface area contributed by atoms with Gasteiger partial charge in [-0.05, 0) is 30.7 Å². The first-order chi connectivity index (χ1) is 17.7. The first-order valence-electron chi connectivity index (χ1n) is 11.1. The number of amides is 1. The summed E-state index contributed by atoms with van der Waals surface area (Å²) in [6.45, 7) is 2.09. The molecule has 3 aromatic carbocycles. The highest BCUT2D eigenvalue weighted by Gasteiger charge is 2.36. The van der Waals surface area contributed by atoms with Gasteiger partial charge in [-0.15, -0.1) is 0 Å². The number of halogens is 2. The van der Waals surface area contributed by atoms with Gasteiger partial charge in [0.25, 0.3) is 10.0 Å². The number of anilines is 2. The van der Waals surface area contributed by atoms with E-state index in [0.29, 0.717) is 11.3 Å². The smallest absolute Gasteiger partial charge is 0.268 e. The van der Waals surface area contributed by atoms with Crippen molar-refractivity contribution in [2.45, 2.75) is 23.5 Å². The van der Waals surface area contributed by atoms with Crippen molar-refractivity contribution in [2.24, 2.45) is 0 Å². The van der Waals surface area contributed by atoms with Crippen molar-refractivity contribution in [3.05, 3.63) is 95.7 Å². The first-order valence-corrected chi connectivity index (χ1v) is 13.6. The lowest BCUT2D eigenvalue weighted by atomic mass is 10.1. The molecule has 1 amide bonds. The fraction of sp³-hybridized carbons (Fsp3) is 0.115. The summed E-state index contributed by atoms with van der Waals surface area (Å²) in [7, 11) is -3.96. The minimum atomic E-state index is -3.96. The van der Waals surface area contributed by atoms with Crippen LogP contribution in [0.2, 0.25) is 0 Å². The molecule has 5 rings (SSSR count). The maximum Gasteiger partial charge on any atom is 0.268 e. The zero-order valence-corrected chi connectivity index (χ0v) is 21.1. The average molecular weight is 539 g/mol. The van der Waals surface area contributed by atoms with Gasteiger partial charge in [-0.25, -0.2) is 27.2 Å². The molecule has 7 nitrogen and oxygen atoms in total. The number of para-hydroxylation sites is 1. The second-order valence-electron chi connectivity index (χ2n) is 8.34. The Kier molecular flexibility index (Phi) is 6.65. The maximum absolute atomic E-state index is 13.8. The number of nitrogens with one attached hydrogen (secondary N) is 1. The van der Waals surface area contributed by atoms with Crippen LogP contribution in [-0.2, 0) is 21.4 Å². The van der Waals surface area contributed by atoms with Gasteiger partial charge in [0.05, 0.1) is 35.6 Å². The summed E-state index contributed by atoms with van der Waals surface area (Å²) in [5, 5.41) is 2.48. The largest absolute Gasteiger partial charge is 0.323 e. The van der Waals surface area contributed by atoms with Crippen LogP contribution >= 0.6 is 11.8 Å². The number of carbonyl (C=O) groups is 1. The quantitative estimate of drug-likeness (QED) is 0.269. The summed E-state index contributed by atoms with van der Waals surface area (Å²) in [6, 6.07) is 17.5. The Morgan fingerprint density at radius 1 is 1.05 bits per heavy atom. The number of carbonyl (C=O) groups excluding carboxylic acids is 1. The highest BCUT2D eigenvalue weighted by molar-refractivity contribution is 7.99. The van der Waals surface area contributed by atoms with Crippen molar-refractivity contribution in [3.8, 4) is 11.3 Å². The first kappa shape index (κ1) is 24.8. The molecule has 0 unspecified atom stereocenters. The van der Waals surface area contributed by atoms with E-state index in [1.54, 1.807) is 24.3 Å². The third-order valence-corrected chi connectivity index (χ3v) is 8.29. The third kappa shape index (κ3) is 5.05. The van der Waals surface area contributed by atoms with Gasteiger partial charge in [-0.2, -0.15) is 0 Å². The van der Waals surface area contributed by atoms with Gasteiger partial charge in [0.1, 0.15) is 16.5 Å². The number of rotatable bonds is 6. The maximum atomic E-state index is 13.8. The zero-order valence-electron chi connectivity index (χ0n) is 19.5. The van der Waals surface area contributed by atoms with Crippen molar-refractivity contribution in [2.75, 3.05) is 15.4 Å². The van der Waals surface area contributed by atoms with Gasteiger partial charge in [-0.1, -0.05) is 59.8 Å². The van der Waals surface area contributed by atoms with Gasteiger partial charge < -0.3 is 5.32 Å². The summed E-state index contributed by atoms with van der Waals surface area (Å²) in [6.07, 6.45) is 1.24. The second kappa shape index (κ2) is 9.91. The highest BCUT2D eigenvalue weighted by atomic mass is 32.2. The summed E-state index contributed by atoms with van der Waals surface area (Å²) >= 11 is 0.952. The Morgan fingerprint density at radius 3 is 2.68 bits per heavy atom. The number of hydrogen-bond donors (Lipinski definition) is 1. The van der Waals surface area contributed by atoms with Crippen LogP contribution in [0.25, 0.3) is 11.3 Å². The predicted molar refractivity (Wildman–Crippen MR) is 138 cm³/mol. The molecule has 1 N–H and O–H groups in total. The van der Waals surface area contributed by atoms with Crippen LogP contribution in [0, 0.1) is 18.6 Å². The van der Waals surface area contributed by atoms with Crippen molar-refractivity contribution < 1.29 is 22.0 Å². The summed E-state index contributed by atoms with van der Waals surface area (Å²) in [5.74, 6) is -2.23. The highest BCUT2D eigenvalue weighted by Crippen LogP contribution is 2.42. The topological polar surface area (TPSA) is 92.3 Å². The normalized spacial score (nSPS) is 13.5. The molecule has 0 bridgehead atoms. The number of nitrogens with zero attached hydrogens (tertiary/aromatic N) is 3. The lowest BCUT2D eigenvalue weighted by Gasteiger charge is -2.31. The molecule has 0 fully saturated rings. The molecular weight excluding hydrogens is 518 g/mol. The van der Waals surface area contributed by atoms with Crippen LogP contribution in [0.3, 0.4) is 0 Å². The van der Waals surface area contributed by atoms with E-state index in [1.807, 2.05) is 31.2 Å². The number of aryl methyl sites for hydroxylation is 1. The van der Waals surface area contributed by atoms with Gasteiger partial charge >= 0.3 is 0 Å². The second-order valence-corrected chi connectivity index (χ2v) is 11.1. The van der Waals surface area contributed by atoms with Gasteiger partial charge in [-0.3, -0.25) is 9.10 Å². The van der Waals surface area contributed by atoms with Crippen molar-refractivity contribution >= 4 is 39.1 Å². The van der Waals surface area contributed by atoms with Gasteiger partial charge in [0, 0.05) is 11.6 Å². The molecule has 1 aliphatic heterocycles. The monoisotopic (exact) mass is 538 g/mol. The van der Waals surface area contributed by atoms with Crippen LogP contribution in [0.15, 0.2) is 83.0 Å². The van der Waals surface area contributed by atoms with E-state index in [4.69, 9.17) is 0 Å². The summed E-state index contributed by atoms with van der Waals surface area (Å²) < 4.78 is 55.7. The fourth-order valence-corrected chi connectivity index (χ4v) is 6.18. The molecule has 0 spiro atoms. The number of thioether (sulfide) groups is 1. The molecule has 2 heterocycles. The molecule has 11 heteroatoms. The third-order valence-electron chi connectivity index (χ3n) is 5.67. The van der Waals surface area contributed by atoms with Crippen molar-refractivity contribution in [3.63, 3.8) is 0 Å². The number of hydrogen-bond acceptors (Lipinski definition) is 6. The van der Waals surface area contributed by atoms with Crippen LogP contribution in [0.5, 0.6) is 0 Å². The van der Waals surface area contributed by atoms with Crippen LogP contribution < -0.4 is 9.62 Å². The Balaban J connectivity index is 1.41. The van der Waals surface area contributed by atoms with Gasteiger partial charge in [0.2, 0.25) is 5.91 Å². The van der Waals surface area contributed by atoms with E-state index in [9.17, 15) is 22.0 Å². The Morgan fingerprint density at radius 2 is 1.86 bits per heavy atom. The molecule has 0 saturated heterocycles. The van der Waals surface area contributed by atoms with E-state index < -0.39 is 27.6 Å². The molecule has 1 aliphatic rings. The summed E-state index contributed by atoms with van der Waals surface area (Å²) in [5.41, 5.74) is 2.95. The van der Waals surface area contributed by atoms with Crippen LogP contribution in [0.4, 0.5) is 20.2 Å². The zero-order chi connectivity index (χ0) is 26.2. The average Bonchev–Trinajstić information content (AvgIpc) is 2.87. The van der Waals surface area contributed by atoms with E-state index in [-0.39, 0.29) is 33.7 Å². The summed E-state index contributed by atoms with van der Waals surface area (Å²) in [4.78, 5) is 20.9. The fourth-order valence-electron chi connectivity index (χ4n) is 4.00. The Hall–Kier alpha value is -3.83. The molecule has 4 aromatic rings. The number of aromatic nitrogens is 2. The molecule has 37 heavy (non-hydrogen) atoms. The van der Waals surface area contributed by atoms with E-state index in [2.05, 4.69) is 15.3 Å². The molecular formula is C26H20F2N4O3S2. The van der Waals surface area contributed by atoms with E-state index >= 15 is 0 Å². The van der Waals surface area contributed by atoms with Crippen molar-refractivity contribution in [1.29, 1.82) is 0 Å².